The van der Waals surface area contributed by atoms with Crippen molar-refractivity contribution in [3.63, 3.8) is 0 Å². The van der Waals surface area contributed by atoms with E-state index >= 15 is 0 Å². The lowest BCUT2D eigenvalue weighted by atomic mass is 9.40. The highest BCUT2D eigenvalue weighted by Crippen LogP contribution is 2.46. The number of amides is 1. The first-order chi connectivity index (χ1) is 10.5. The van der Waals surface area contributed by atoms with Crippen LogP contribution >= 0.6 is 11.6 Å². The van der Waals surface area contributed by atoms with Gasteiger partial charge in [-0.25, -0.2) is 0 Å². The number of hydrogen-bond donors (Lipinski definition) is 2. The van der Waals surface area contributed by atoms with Gasteiger partial charge in [0.25, 0.3) is 0 Å². The lowest BCUT2D eigenvalue weighted by Gasteiger charge is -2.41. The van der Waals surface area contributed by atoms with Gasteiger partial charge < -0.3 is 10.7 Å². The highest BCUT2D eigenvalue weighted by Gasteiger charge is 2.46. The summed E-state index contributed by atoms with van der Waals surface area (Å²) in [6.07, 6.45) is 1.67. The van der Waals surface area contributed by atoms with Crippen molar-refractivity contribution in [3.05, 3.63) is 16.3 Å². The van der Waals surface area contributed by atoms with Crippen molar-refractivity contribution in [2.45, 2.75) is 23.4 Å². The van der Waals surface area contributed by atoms with E-state index in [0.29, 0.717) is 0 Å². The molecule has 1 aliphatic rings. The number of H-pyrrole nitrogens is 1. The van der Waals surface area contributed by atoms with E-state index in [1.807, 2.05) is 15.7 Å². The van der Waals surface area contributed by atoms with Gasteiger partial charge >= 0.3 is 0 Å². The first-order valence-electron chi connectivity index (χ1n) is 8.10. The van der Waals surface area contributed by atoms with E-state index in [1.165, 1.54) is 10.9 Å². The molecule has 1 aliphatic carbocycles. The molecule has 10 heteroatoms. The summed E-state index contributed by atoms with van der Waals surface area (Å²) in [4.78, 5) is 15.8. The summed E-state index contributed by atoms with van der Waals surface area (Å²) in [6.45, 7) is 0. The number of halogens is 1. The van der Waals surface area contributed by atoms with Crippen molar-refractivity contribution in [2.24, 2.45) is 5.73 Å². The Morgan fingerprint density at radius 3 is 2.30 bits per heavy atom. The lowest BCUT2D eigenvalue weighted by molar-refractivity contribution is -0.121. The first kappa shape index (κ1) is 16.8. The maximum Gasteiger partial charge on any atom is 0.221 e. The predicted molar refractivity (Wildman–Crippen MR) is 115 cm³/mol. The van der Waals surface area contributed by atoms with Crippen LogP contribution in [0.15, 0.2) is 0 Å². The zero-order valence-electron chi connectivity index (χ0n) is 14.8. The van der Waals surface area contributed by atoms with Crippen LogP contribution in [0.4, 0.5) is 0 Å². The number of fused-ring (bicyclic) bond motifs is 3. The fourth-order valence-electron chi connectivity index (χ4n) is 4.42. The fourth-order valence-corrected chi connectivity index (χ4v) is 4.66. The number of primary amides is 1. The van der Waals surface area contributed by atoms with Gasteiger partial charge in [0, 0.05) is 16.2 Å². The van der Waals surface area contributed by atoms with Crippen LogP contribution in [-0.4, -0.2) is 58.0 Å². The third kappa shape index (κ3) is 2.23. The van der Waals surface area contributed by atoms with E-state index in [2.05, 4.69) is 36.4 Å². The minimum Gasteiger partial charge on any atom is -0.369 e. The van der Waals surface area contributed by atoms with Gasteiger partial charge in [0.1, 0.15) is 31.4 Å². The van der Waals surface area contributed by atoms with Gasteiger partial charge in [0.15, 0.2) is 0 Å². The predicted octanol–water partition coefficient (Wildman–Crippen LogP) is -5.76. The molecule has 0 aliphatic heterocycles. The van der Waals surface area contributed by atoms with Crippen LogP contribution in [0.2, 0.25) is 10.2 Å². The number of carbonyl (C=O) groups excluding carboxylic acids is 1. The number of aromatic amines is 1. The minimum absolute atomic E-state index is 0.0175. The summed E-state index contributed by atoms with van der Waals surface area (Å²) >= 11 is 6.56. The summed E-state index contributed by atoms with van der Waals surface area (Å²) in [5, 5.41) is 1.34. The lowest BCUT2D eigenvalue weighted by Crippen LogP contribution is -2.48. The molecule has 0 fully saturated rings. The molecule has 3 rings (SSSR count). The molecule has 0 bridgehead atoms. The van der Waals surface area contributed by atoms with Crippen molar-refractivity contribution < 1.29 is 4.79 Å². The van der Waals surface area contributed by atoms with Crippen molar-refractivity contribution in [2.75, 3.05) is 0 Å². The van der Waals surface area contributed by atoms with Crippen LogP contribution in [0, 0.1) is 0 Å². The molecule has 112 valence electrons. The monoisotopic (exact) mass is 320 g/mol. The molecular weight excluding hydrogens is 300 g/mol. The van der Waals surface area contributed by atoms with Gasteiger partial charge in [-0.3, -0.25) is 4.79 Å². The van der Waals surface area contributed by atoms with E-state index in [0.717, 1.165) is 45.5 Å². The largest absolute Gasteiger partial charge is 0.369 e. The van der Waals surface area contributed by atoms with Crippen LogP contribution < -0.4 is 22.1 Å². The van der Waals surface area contributed by atoms with Crippen LogP contribution in [0.25, 0.3) is 10.9 Å². The molecule has 1 unspecified atom stereocenters. The molecule has 0 spiro atoms. The van der Waals surface area contributed by atoms with Crippen molar-refractivity contribution in [1.29, 1.82) is 0 Å². The Hall–Kier alpha value is -1.09. The SMILES string of the molecule is Bc1c(Cl)c(B)c2c3c([nH]c2c1B)C(B)(C(N)=O)CC(B)(B)C3. The maximum absolute atomic E-state index is 12.3. The highest BCUT2D eigenvalue weighted by atomic mass is 35.5. The third-order valence-corrected chi connectivity index (χ3v) is 6.22. The molecule has 0 saturated carbocycles. The van der Waals surface area contributed by atoms with E-state index in [-0.39, 0.29) is 11.1 Å². The zero-order valence-corrected chi connectivity index (χ0v) is 15.5. The molecule has 2 aromatic rings. The van der Waals surface area contributed by atoms with Crippen LogP contribution in [-0.2, 0) is 16.5 Å². The van der Waals surface area contributed by atoms with Gasteiger partial charge in [0.05, 0.1) is 21.0 Å². The minimum atomic E-state index is -0.671. The molecule has 1 aromatic heterocycles. The second-order valence-electron chi connectivity index (χ2n) is 8.13. The van der Waals surface area contributed by atoms with Gasteiger partial charge in [0.2, 0.25) is 5.91 Å². The number of carbonyl (C=O) groups is 1. The average Bonchev–Trinajstić information content (AvgIpc) is 2.81. The van der Waals surface area contributed by atoms with Crippen molar-refractivity contribution in [1.82, 2.24) is 4.98 Å². The van der Waals surface area contributed by atoms with Gasteiger partial charge in [-0.05, 0) is 23.8 Å². The van der Waals surface area contributed by atoms with E-state index < -0.39 is 5.31 Å². The Kier molecular flexibility index (Phi) is 3.61. The van der Waals surface area contributed by atoms with Crippen LogP contribution in [0.1, 0.15) is 17.7 Å². The summed E-state index contributed by atoms with van der Waals surface area (Å²) in [7, 11) is 12.6. The Bertz CT molecular complexity index is 864. The fraction of sp³-hybridized carbons (Fsp3) is 0.308. The molecule has 1 heterocycles. The topological polar surface area (TPSA) is 58.9 Å². The van der Waals surface area contributed by atoms with Gasteiger partial charge in [-0.2, -0.15) is 0 Å². The quantitative estimate of drug-likeness (QED) is 0.506. The van der Waals surface area contributed by atoms with E-state index in [1.54, 1.807) is 0 Å². The Morgan fingerprint density at radius 2 is 1.74 bits per heavy atom. The summed E-state index contributed by atoms with van der Waals surface area (Å²) in [5.41, 5.74) is 12.4. The molecule has 3 nitrogen and oxygen atoms in total. The zero-order chi connectivity index (χ0) is 17.3. The standard InChI is InChI=1S/C13H19B6ClN2O/c14-5-4-3-1-12(17,18)2-13(19,11(21)23)10(3)22-9(4)7(16)6(15)8(5)20/h22H,1-2,14-19H2,(H2,21,23). The summed E-state index contributed by atoms with van der Waals surface area (Å²) in [5.74, 6) is -0.267. The first-order valence-corrected chi connectivity index (χ1v) is 8.47. The number of nitrogens with two attached hydrogens (primary N) is 1. The van der Waals surface area contributed by atoms with Crippen LogP contribution in [0.3, 0.4) is 0 Å². The number of aromatic nitrogens is 1. The van der Waals surface area contributed by atoms with E-state index in [9.17, 15) is 4.79 Å². The third-order valence-electron chi connectivity index (χ3n) is 5.66. The molecule has 0 saturated heterocycles. The highest BCUT2D eigenvalue weighted by molar-refractivity contribution is 6.63. The van der Waals surface area contributed by atoms with Gasteiger partial charge in [-0.15, -0.1) is 0 Å². The number of rotatable bonds is 1. The van der Waals surface area contributed by atoms with Crippen LogP contribution in [0.5, 0.6) is 0 Å². The Morgan fingerprint density at radius 1 is 1.13 bits per heavy atom. The molecule has 1 amide bonds. The molecule has 3 N–H and O–H groups in total. The van der Waals surface area contributed by atoms with E-state index in [4.69, 9.17) is 17.3 Å². The maximum atomic E-state index is 12.3. The van der Waals surface area contributed by atoms with Crippen molar-refractivity contribution in [3.8, 4) is 0 Å². The summed E-state index contributed by atoms with van der Waals surface area (Å²) in [6, 6.07) is 0. The number of hydrogen-bond acceptors (Lipinski definition) is 1. The Balaban J connectivity index is 2.48. The average molecular weight is 320 g/mol. The number of nitrogens with one attached hydrogen (secondary N) is 1. The van der Waals surface area contributed by atoms with Crippen molar-refractivity contribution >= 4 is 91.9 Å². The molecule has 1 atom stereocenters. The number of benzene rings is 1. The van der Waals surface area contributed by atoms with Gasteiger partial charge in [-0.1, -0.05) is 33.2 Å². The molecule has 0 radical (unpaired) electrons. The molecule has 1 aromatic carbocycles. The normalized spacial score (nSPS) is 22.8. The molecular formula is C13H19B6ClN2O. The second kappa shape index (κ2) is 4.95. The Labute approximate surface area is 147 Å². The summed E-state index contributed by atoms with van der Waals surface area (Å²) < 4.78 is 0. The smallest absolute Gasteiger partial charge is 0.221 e. The molecule has 23 heavy (non-hydrogen) atoms. The second-order valence-corrected chi connectivity index (χ2v) is 8.51.